The first-order valence-electron chi connectivity index (χ1n) is 6.16. The minimum absolute atomic E-state index is 0.279. The van der Waals surface area contributed by atoms with Crippen LogP contribution in [0.25, 0.3) is 17.1 Å². The highest BCUT2D eigenvalue weighted by Gasteiger charge is 2.14. The van der Waals surface area contributed by atoms with Gasteiger partial charge in [-0.3, -0.25) is 0 Å². The lowest BCUT2D eigenvalue weighted by Gasteiger charge is -2.07. The molecule has 21 heavy (non-hydrogen) atoms. The van der Waals surface area contributed by atoms with Gasteiger partial charge in [-0.2, -0.15) is 4.68 Å². The lowest BCUT2D eigenvalue weighted by molar-refractivity contribution is 0.617. The van der Waals surface area contributed by atoms with Crippen LogP contribution < -0.4 is 5.73 Å². The van der Waals surface area contributed by atoms with Gasteiger partial charge in [0.15, 0.2) is 5.82 Å². The van der Waals surface area contributed by atoms with Crippen molar-refractivity contribution in [3.05, 3.63) is 52.8 Å². The molecule has 0 aliphatic rings. The first-order chi connectivity index (χ1) is 10.1. The number of hydrogen-bond donors (Lipinski definition) is 1. The van der Waals surface area contributed by atoms with Gasteiger partial charge in [0, 0.05) is 11.3 Å². The van der Waals surface area contributed by atoms with Gasteiger partial charge in [0.1, 0.15) is 5.82 Å². The molecule has 0 bridgehead atoms. The molecule has 0 aliphatic heterocycles. The van der Waals surface area contributed by atoms with Crippen molar-refractivity contribution in [2.45, 2.75) is 6.92 Å². The Labute approximate surface area is 125 Å². The maximum Gasteiger partial charge on any atom is 0.188 e. The fourth-order valence-corrected chi connectivity index (χ4v) is 2.28. The maximum absolute atomic E-state index is 13.4. The van der Waals surface area contributed by atoms with E-state index in [4.69, 9.17) is 17.3 Å². The Morgan fingerprint density at radius 2 is 2.00 bits per heavy atom. The highest BCUT2D eigenvalue weighted by Crippen LogP contribution is 2.29. The minimum Gasteiger partial charge on any atom is -0.399 e. The fraction of sp³-hybridized carbons (Fsp3) is 0.0714. The Morgan fingerprint density at radius 3 is 2.71 bits per heavy atom. The van der Waals surface area contributed by atoms with Gasteiger partial charge >= 0.3 is 0 Å². The Morgan fingerprint density at radius 1 is 1.19 bits per heavy atom. The minimum atomic E-state index is -0.279. The molecule has 1 heterocycles. The normalized spacial score (nSPS) is 10.8. The summed E-state index contributed by atoms with van der Waals surface area (Å²) in [5.41, 5.74) is 8.05. The van der Waals surface area contributed by atoms with Crippen LogP contribution in [0.3, 0.4) is 0 Å². The molecule has 106 valence electrons. The van der Waals surface area contributed by atoms with E-state index in [-0.39, 0.29) is 5.82 Å². The Hall–Kier alpha value is -2.47. The predicted octanol–water partition coefficient (Wildman–Crippen LogP) is 3.01. The average molecular weight is 304 g/mol. The summed E-state index contributed by atoms with van der Waals surface area (Å²) in [6.45, 7) is 1.68. The van der Waals surface area contributed by atoms with E-state index in [9.17, 15) is 4.39 Å². The maximum atomic E-state index is 13.4. The highest BCUT2D eigenvalue weighted by atomic mass is 35.5. The molecule has 3 aromatic rings. The number of hydrogen-bond acceptors (Lipinski definition) is 4. The van der Waals surface area contributed by atoms with Crippen LogP contribution in [0.4, 0.5) is 10.1 Å². The molecule has 2 N–H and O–H groups in total. The molecule has 0 spiro atoms. The lowest BCUT2D eigenvalue weighted by atomic mass is 10.1. The summed E-state index contributed by atoms with van der Waals surface area (Å²) in [7, 11) is 0. The molecular weight excluding hydrogens is 293 g/mol. The van der Waals surface area contributed by atoms with Gasteiger partial charge in [-0.05, 0) is 59.3 Å². The smallest absolute Gasteiger partial charge is 0.188 e. The second-order valence-electron chi connectivity index (χ2n) is 4.59. The zero-order chi connectivity index (χ0) is 15.0. The molecule has 0 radical (unpaired) electrons. The molecule has 0 saturated heterocycles. The topological polar surface area (TPSA) is 69.6 Å². The van der Waals surface area contributed by atoms with E-state index in [0.717, 1.165) is 0 Å². The van der Waals surface area contributed by atoms with Crippen molar-refractivity contribution >= 4 is 17.3 Å². The van der Waals surface area contributed by atoms with Gasteiger partial charge in [-0.25, -0.2) is 4.39 Å². The summed E-state index contributed by atoms with van der Waals surface area (Å²) in [5.74, 6) is 0.185. The van der Waals surface area contributed by atoms with E-state index < -0.39 is 0 Å². The molecule has 0 unspecified atom stereocenters. The lowest BCUT2D eigenvalue weighted by Crippen LogP contribution is -2.01. The average Bonchev–Trinajstić information content (AvgIpc) is 2.91. The number of rotatable bonds is 2. The number of aryl methyl sites for hydroxylation is 1. The van der Waals surface area contributed by atoms with E-state index in [1.807, 2.05) is 0 Å². The number of nitrogens with zero attached hydrogens (tertiary/aromatic N) is 4. The van der Waals surface area contributed by atoms with Crippen molar-refractivity contribution in [3.8, 4) is 17.1 Å². The molecule has 0 saturated carbocycles. The molecule has 7 heteroatoms. The standard InChI is InChI=1S/C14H11ClFN5/c1-8-6-10(3-5-13(8)16)21-14(18-19-20-21)11-4-2-9(17)7-12(11)15/h2-7H,17H2,1H3. The molecule has 5 nitrogen and oxygen atoms in total. The van der Waals surface area contributed by atoms with E-state index >= 15 is 0 Å². The summed E-state index contributed by atoms with van der Waals surface area (Å²) in [6.07, 6.45) is 0. The molecule has 0 fully saturated rings. The number of halogens is 2. The number of benzene rings is 2. The summed E-state index contributed by atoms with van der Waals surface area (Å²) < 4.78 is 14.9. The van der Waals surface area contributed by atoms with Gasteiger partial charge in [0.25, 0.3) is 0 Å². The first kappa shape index (κ1) is 13.5. The third kappa shape index (κ3) is 2.45. The number of aromatic nitrogens is 4. The molecule has 0 atom stereocenters. The number of nitrogen functional groups attached to an aromatic ring is 1. The summed E-state index contributed by atoms with van der Waals surface area (Å²) >= 11 is 6.19. The van der Waals surface area contributed by atoms with E-state index in [0.29, 0.717) is 33.3 Å². The number of nitrogens with two attached hydrogens (primary N) is 1. The van der Waals surface area contributed by atoms with Crippen molar-refractivity contribution in [2.75, 3.05) is 5.73 Å². The van der Waals surface area contributed by atoms with Gasteiger partial charge in [-0.15, -0.1) is 5.10 Å². The fourth-order valence-electron chi connectivity index (χ4n) is 2.00. The summed E-state index contributed by atoms with van der Waals surface area (Å²) in [4.78, 5) is 0. The second kappa shape index (κ2) is 5.14. The van der Waals surface area contributed by atoms with Crippen molar-refractivity contribution in [1.29, 1.82) is 0 Å². The van der Waals surface area contributed by atoms with Crippen molar-refractivity contribution in [3.63, 3.8) is 0 Å². The second-order valence-corrected chi connectivity index (χ2v) is 4.99. The predicted molar refractivity (Wildman–Crippen MR) is 78.7 cm³/mol. The van der Waals surface area contributed by atoms with Gasteiger partial charge < -0.3 is 5.73 Å². The van der Waals surface area contributed by atoms with Crippen LogP contribution in [0, 0.1) is 12.7 Å². The number of anilines is 1. The first-order valence-corrected chi connectivity index (χ1v) is 6.54. The SMILES string of the molecule is Cc1cc(-n2nnnc2-c2ccc(N)cc2Cl)ccc1F. The monoisotopic (exact) mass is 303 g/mol. The third-order valence-corrected chi connectivity index (χ3v) is 3.40. The van der Waals surface area contributed by atoms with Crippen LogP contribution >= 0.6 is 11.6 Å². The third-order valence-electron chi connectivity index (χ3n) is 3.09. The van der Waals surface area contributed by atoms with Crippen molar-refractivity contribution in [1.82, 2.24) is 20.2 Å². The summed E-state index contributed by atoms with van der Waals surface area (Å²) in [6, 6.07) is 9.74. The van der Waals surface area contributed by atoms with Crippen LogP contribution in [0.15, 0.2) is 36.4 Å². The van der Waals surface area contributed by atoms with Crippen LogP contribution in [0.1, 0.15) is 5.56 Å². The Bertz CT molecular complexity index is 815. The molecule has 0 amide bonds. The highest BCUT2D eigenvalue weighted by molar-refractivity contribution is 6.33. The van der Waals surface area contributed by atoms with Gasteiger partial charge in [-0.1, -0.05) is 11.6 Å². The van der Waals surface area contributed by atoms with Crippen molar-refractivity contribution in [2.24, 2.45) is 0 Å². The van der Waals surface area contributed by atoms with Crippen LogP contribution in [-0.2, 0) is 0 Å². The zero-order valence-corrected chi connectivity index (χ0v) is 11.8. The van der Waals surface area contributed by atoms with Crippen LogP contribution in [0.2, 0.25) is 5.02 Å². The van der Waals surface area contributed by atoms with Crippen molar-refractivity contribution < 1.29 is 4.39 Å². The Kier molecular flexibility index (Phi) is 3.31. The van der Waals surface area contributed by atoms with E-state index in [1.165, 1.54) is 10.7 Å². The Balaban J connectivity index is 2.14. The van der Waals surface area contributed by atoms with E-state index in [2.05, 4.69) is 15.5 Å². The molecule has 0 aliphatic carbocycles. The quantitative estimate of drug-likeness (QED) is 0.739. The molecule has 1 aromatic heterocycles. The summed E-state index contributed by atoms with van der Waals surface area (Å²) in [5, 5.41) is 12.0. The van der Waals surface area contributed by atoms with E-state index in [1.54, 1.807) is 37.3 Å². The molecule has 3 rings (SSSR count). The largest absolute Gasteiger partial charge is 0.399 e. The van der Waals surface area contributed by atoms with Crippen LogP contribution in [0.5, 0.6) is 0 Å². The van der Waals surface area contributed by atoms with Gasteiger partial charge in [0.05, 0.1) is 10.7 Å². The molecular formula is C14H11ClFN5. The van der Waals surface area contributed by atoms with Crippen LogP contribution in [-0.4, -0.2) is 20.2 Å². The zero-order valence-electron chi connectivity index (χ0n) is 11.1. The molecule has 2 aromatic carbocycles. The van der Waals surface area contributed by atoms with Gasteiger partial charge in [0.2, 0.25) is 0 Å². The number of tetrazole rings is 1.